The van der Waals surface area contributed by atoms with E-state index in [1.807, 2.05) is 19.0 Å². The van der Waals surface area contributed by atoms with Crippen molar-refractivity contribution >= 4 is 11.7 Å². The van der Waals surface area contributed by atoms with Crippen LogP contribution in [0.3, 0.4) is 0 Å². The third-order valence-corrected chi connectivity index (χ3v) is 2.22. The zero-order valence-corrected chi connectivity index (χ0v) is 8.90. The van der Waals surface area contributed by atoms with Gasteiger partial charge in [0.1, 0.15) is 0 Å². The number of nitrogens with zero attached hydrogens (tertiary/aromatic N) is 1. The van der Waals surface area contributed by atoms with Gasteiger partial charge in [0.2, 0.25) is 0 Å². The first-order valence-corrected chi connectivity index (χ1v) is 4.70. The Morgan fingerprint density at radius 3 is 2.53 bits per heavy atom. The molecule has 0 bridgehead atoms. The van der Waals surface area contributed by atoms with E-state index in [1.54, 1.807) is 18.2 Å². The summed E-state index contributed by atoms with van der Waals surface area (Å²) in [6, 6.07) is 5.12. The third-order valence-electron chi connectivity index (χ3n) is 2.22. The van der Waals surface area contributed by atoms with Gasteiger partial charge in [0, 0.05) is 26.4 Å². The molecule has 0 amide bonds. The Kier molecular flexibility index (Phi) is 3.68. The van der Waals surface area contributed by atoms with Crippen molar-refractivity contribution in [1.29, 1.82) is 0 Å². The Morgan fingerprint density at radius 2 is 2.07 bits per heavy atom. The molecule has 4 heteroatoms. The summed E-state index contributed by atoms with van der Waals surface area (Å²) in [7, 11) is 3.77. The number of hydrogen-bond acceptors (Lipinski definition) is 3. The van der Waals surface area contributed by atoms with Crippen LogP contribution < -0.4 is 4.90 Å². The molecule has 15 heavy (non-hydrogen) atoms. The normalized spacial score (nSPS) is 10.1. The van der Waals surface area contributed by atoms with Crippen LogP contribution in [0.1, 0.15) is 15.9 Å². The van der Waals surface area contributed by atoms with E-state index < -0.39 is 5.97 Å². The number of carbonyl (C=O) groups is 1. The first kappa shape index (κ1) is 11.5. The summed E-state index contributed by atoms with van der Waals surface area (Å²) >= 11 is 0. The average molecular weight is 209 g/mol. The molecular weight excluding hydrogens is 194 g/mol. The minimum Gasteiger partial charge on any atom is -0.478 e. The number of aliphatic hydroxyl groups is 1. The first-order valence-electron chi connectivity index (χ1n) is 4.70. The number of benzene rings is 1. The van der Waals surface area contributed by atoms with Gasteiger partial charge in [0.25, 0.3) is 0 Å². The highest BCUT2D eigenvalue weighted by Crippen LogP contribution is 2.18. The van der Waals surface area contributed by atoms with E-state index in [1.165, 1.54) is 0 Å². The van der Waals surface area contributed by atoms with Gasteiger partial charge in [-0.25, -0.2) is 4.79 Å². The zero-order valence-electron chi connectivity index (χ0n) is 8.90. The smallest absolute Gasteiger partial charge is 0.335 e. The predicted octanol–water partition coefficient (Wildman–Crippen LogP) is 0.986. The van der Waals surface area contributed by atoms with Crippen LogP contribution in [-0.2, 0) is 6.42 Å². The molecule has 1 aromatic carbocycles. The minimum absolute atomic E-state index is 0.0445. The molecule has 82 valence electrons. The van der Waals surface area contributed by atoms with Crippen molar-refractivity contribution in [2.45, 2.75) is 6.42 Å². The molecule has 0 unspecified atom stereocenters. The van der Waals surface area contributed by atoms with Crippen molar-refractivity contribution < 1.29 is 15.0 Å². The fraction of sp³-hybridized carbons (Fsp3) is 0.364. The standard InChI is InChI=1S/C11H15NO3/c1-12(2)9-3-4-10(11(14)15)8(7-9)5-6-13/h3-4,7,13H,5-6H2,1-2H3,(H,14,15). The highest BCUT2D eigenvalue weighted by Gasteiger charge is 2.10. The van der Waals surface area contributed by atoms with Gasteiger partial charge >= 0.3 is 5.97 Å². The van der Waals surface area contributed by atoms with Crippen LogP contribution in [0.15, 0.2) is 18.2 Å². The molecule has 2 N–H and O–H groups in total. The van der Waals surface area contributed by atoms with Crippen molar-refractivity contribution in [2.75, 3.05) is 25.6 Å². The summed E-state index contributed by atoms with van der Waals surface area (Å²) in [6.45, 7) is -0.0445. The average Bonchev–Trinajstić information content (AvgIpc) is 2.17. The monoisotopic (exact) mass is 209 g/mol. The highest BCUT2D eigenvalue weighted by molar-refractivity contribution is 5.90. The number of carboxylic acids is 1. The Morgan fingerprint density at radius 1 is 1.40 bits per heavy atom. The molecule has 0 fully saturated rings. The summed E-state index contributed by atoms with van der Waals surface area (Å²) in [5.74, 6) is -0.955. The van der Waals surface area contributed by atoms with Crippen LogP contribution in [0, 0.1) is 0 Å². The third kappa shape index (κ3) is 2.70. The number of aliphatic hydroxyl groups excluding tert-OH is 1. The molecule has 4 nitrogen and oxygen atoms in total. The molecule has 0 heterocycles. The molecule has 0 saturated heterocycles. The molecule has 0 aliphatic rings. The lowest BCUT2D eigenvalue weighted by Crippen LogP contribution is -2.11. The van der Waals surface area contributed by atoms with Crippen LogP contribution in [0.5, 0.6) is 0 Å². The van der Waals surface area contributed by atoms with Gasteiger partial charge in [-0.15, -0.1) is 0 Å². The molecule has 1 rings (SSSR count). The summed E-state index contributed by atoms with van der Waals surface area (Å²) < 4.78 is 0. The fourth-order valence-corrected chi connectivity index (χ4v) is 1.39. The minimum atomic E-state index is -0.955. The SMILES string of the molecule is CN(C)c1ccc(C(=O)O)c(CCO)c1. The number of aromatic carboxylic acids is 1. The summed E-state index contributed by atoms with van der Waals surface area (Å²) in [5, 5.41) is 17.8. The maximum atomic E-state index is 10.9. The van der Waals surface area contributed by atoms with Crippen molar-refractivity contribution in [3.05, 3.63) is 29.3 Å². The lowest BCUT2D eigenvalue weighted by molar-refractivity contribution is 0.0695. The molecule has 0 aliphatic carbocycles. The van der Waals surface area contributed by atoms with Gasteiger partial charge in [-0.3, -0.25) is 0 Å². The Bertz CT molecular complexity index is 361. The maximum absolute atomic E-state index is 10.9. The first-order chi connectivity index (χ1) is 7.06. The number of hydrogen-bond donors (Lipinski definition) is 2. The van der Waals surface area contributed by atoms with Crippen LogP contribution in [0.25, 0.3) is 0 Å². The highest BCUT2D eigenvalue weighted by atomic mass is 16.4. The van der Waals surface area contributed by atoms with E-state index in [9.17, 15) is 4.79 Å². The van der Waals surface area contributed by atoms with E-state index in [0.29, 0.717) is 12.0 Å². The van der Waals surface area contributed by atoms with E-state index >= 15 is 0 Å². The number of rotatable bonds is 4. The number of carboxylic acid groups (broad SMARTS) is 1. The largest absolute Gasteiger partial charge is 0.478 e. The zero-order chi connectivity index (χ0) is 11.4. The second-order valence-corrected chi connectivity index (χ2v) is 3.51. The fourth-order valence-electron chi connectivity index (χ4n) is 1.39. The van der Waals surface area contributed by atoms with E-state index in [-0.39, 0.29) is 12.2 Å². The summed E-state index contributed by atoms with van der Waals surface area (Å²) in [4.78, 5) is 12.8. The van der Waals surface area contributed by atoms with Gasteiger partial charge in [0.05, 0.1) is 5.56 Å². The van der Waals surface area contributed by atoms with Crippen LogP contribution in [0.2, 0.25) is 0 Å². The molecule has 0 aliphatic heterocycles. The number of anilines is 1. The second kappa shape index (κ2) is 4.79. The van der Waals surface area contributed by atoms with Gasteiger partial charge in [-0.05, 0) is 30.2 Å². The predicted molar refractivity (Wildman–Crippen MR) is 58.5 cm³/mol. The molecule has 1 aromatic rings. The van der Waals surface area contributed by atoms with Gasteiger partial charge in [-0.2, -0.15) is 0 Å². The summed E-state index contributed by atoms with van der Waals surface area (Å²) in [5.41, 5.74) is 1.86. The lowest BCUT2D eigenvalue weighted by atomic mass is 10.0. The second-order valence-electron chi connectivity index (χ2n) is 3.51. The summed E-state index contributed by atoms with van der Waals surface area (Å²) in [6.07, 6.45) is 0.364. The molecule has 0 aromatic heterocycles. The molecular formula is C11H15NO3. The van der Waals surface area contributed by atoms with E-state index in [2.05, 4.69) is 0 Å². The van der Waals surface area contributed by atoms with E-state index in [0.717, 1.165) is 5.69 Å². The van der Waals surface area contributed by atoms with Crippen molar-refractivity contribution in [3.63, 3.8) is 0 Å². The lowest BCUT2D eigenvalue weighted by Gasteiger charge is -2.14. The van der Waals surface area contributed by atoms with Crippen LogP contribution in [-0.4, -0.2) is 36.9 Å². The molecule has 0 radical (unpaired) electrons. The van der Waals surface area contributed by atoms with Crippen molar-refractivity contribution in [1.82, 2.24) is 0 Å². The quantitative estimate of drug-likeness (QED) is 0.776. The van der Waals surface area contributed by atoms with Gasteiger partial charge in [0.15, 0.2) is 0 Å². The van der Waals surface area contributed by atoms with Crippen LogP contribution in [0.4, 0.5) is 5.69 Å². The molecule has 0 saturated carbocycles. The van der Waals surface area contributed by atoms with Crippen molar-refractivity contribution in [2.24, 2.45) is 0 Å². The van der Waals surface area contributed by atoms with Crippen molar-refractivity contribution in [3.8, 4) is 0 Å². The van der Waals surface area contributed by atoms with Crippen LogP contribution >= 0.6 is 0 Å². The van der Waals surface area contributed by atoms with E-state index in [4.69, 9.17) is 10.2 Å². The van der Waals surface area contributed by atoms with Gasteiger partial charge < -0.3 is 15.1 Å². The maximum Gasteiger partial charge on any atom is 0.335 e. The Hall–Kier alpha value is -1.55. The Balaban J connectivity index is 3.14. The molecule has 0 atom stereocenters. The molecule has 0 spiro atoms. The topological polar surface area (TPSA) is 60.8 Å². The Labute approximate surface area is 88.8 Å². The van der Waals surface area contributed by atoms with Gasteiger partial charge in [-0.1, -0.05) is 0 Å².